The molecule has 0 unspecified atom stereocenters. The first kappa shape index (κ1) is 24.0. The van der Waals surface area contributed by atoms with Crippen molar-refractivity contribution in [2.75, 3.05) is 7.11 Å². The molecule has 0 aliphatic carbocycles. The van der Waals surface area contributed by atoms with E-state index in [4.69, 9.17) is 11.2 Å². The van der Waals surface area contributed by atoms with Crippen molar-refractivity contribution in [2.24, 2.45) is 0 Å². The van der Waals surface area contributed by atoms with Crippen LogP contribution in [0.15, 0.2) is 24.3 Å². The van der Waals surface area contributed by atoms with Crippen LogP contribution in [0.3, 0.4) is 0 Å². The fourth-order valence-electron chi connectivity index (χ4n) is 0.674. The van der Waals surface area contributed by atoms with Gasteiger partial charge in [-0.3, -0.25) is 5.92 Å². The van der Waals surface area contributed by atoms with Gasteiger partial charge in [0, 0.05) is 0 Å². The van der Waals surface area contributed by atoms with Gasteiger partial charge in [0.25, 0.3) is 0 Å². The largest absolute Gasteiger partial charge is 2.00 e. The number of ether oxygens (including phenoxy) is 1. The number of halogens is 2. The van der Waals surface area contributed by atoms with Gasteiger partial charge in [-0.1, -0.05) is 0 Å². The second kappa shape index (κ2) is 13.5. The summed E-state index contributed by atoms with van der Waals surface area (Å²) in [5.41, 5.74) is 0.765. The second-order valence-electron chi connectivity index (χ2n) is 1.85. The predicted octanol–water partition coefficient (Wildman–Crippen LogP) is -7.74. The third kappa shape index (κ3) is 7.88. The van der Waals surface area contributed by atoms with E-state index in [1.165, 1.54) is 0 Å². The van der Waals surface area contributed by atoms with Crippen LogP contribution < -0.4 is 48.4 Å². The molecule has 0 aliphatic rings. The Hall–Kier alpha value is 0.524. The molecule has 1 nitrogen and oxygen atoms in total. The first-order chi connectivity index (χ1) is 4.86. The van der Waals surface area contributed by atoms with Gasteiger partial charge >= 0.3 is 41.9 Å². The van der Waals surface area contributed by atoms with Gasteiger partial charge < -0.3 is 36.0 Å². The standard InChI is InChI=1S/C9H7O.2ClH.Li.Mg/c1-3-8-4-6-9(10-2)7-5-8;;;;/h4-7H,2H3;2*1H;;/q-1;;;+1;+2/p-2. The van der Waals surface area contributed by atoms with Crippen LogP contribution in [0.4, 0.5) is 0 Å². The molecule has 66 valence electrons. The van der Waals surface area contributed by atoms with Gasteiger partial charge in [-0.25, -0.2) is 0 Å². The van der Waals surface area contributed by atoms with Crippen molar-refractivity contribution in [3.05, 3.63) is 36.3 Å². The van der Waals surface area contributed by atoms with Crippen molar-refractivity contribution in [1.29, 1.82) is 0 Å². The Balaban J connectivity index is -0.000000125. The summed E-state index contributed by atoms with van der Waals surface area (Å²) in [4.78, 5) is 0. The number of rotatable bonds is 1. The summed E-state index contributed by atoms with van der Waals surface area (Å²) in [5.74, 6) is 3.08. The summed E-state index contributed by atoms with van der Waals surface area (Å²) in [5, 5.41) is 0. The zero-order valence-electron chi connectivity index (χ0n) is 8.18. The van der Waals surface area contributed by atoms with Gasteiger partial charge in [0.05, 0.1) is 7.11 Å². The summed E-state index contributed by atoms with van der Waals surface area (Å²) >= 11 is 0. The minimum Gasteiger partial charge on any atom is -1.00 e. The summed E-state index contributed by atoms with van der Waals surface area (Å²) < 4.78 is 4.92. The van der Waals surface area contributed by atoms with E-state index >= 15 is 0 Å². The minimum absolute atomic E-state index is 0. The Morgan fingerprint density at radius 3 is 1.86 bits per heavy atom. The third-order valence-corrected chi connectivity index (χ3v) is 1.23. The number of hydrogen-bond donors (Lipinski definition) is 0. The quantitative estimate of drug-likeness (QED) is 0.266. The first-order valence-electron chi connectivity index (χ1n) is 2.93. The molecule has 1 rings (SSSR count). The van der Waals surface area contributed by atoms with Gasteiger partial charge in [0.1, 0.15) is 5.75 Å². The van der Waals surface area contributed by atoms with E-state index in [0.29, 0.717) is 0 Å². The number of benzene rings is 1. The van der Waals surface area contributed by atoms with E-state index < -0.39 is 0 Å². The summed E-state index contributed by atoms with van der Waals surface area (Å²) in [6.45, 7) is 0. The van der Waals surface area contributed by atoms with Crippen molar-refractivity contribution in [3.63, 3.8) is 0 Å². The summed E-state index contributed by atoms with van der Waals surface area (Å²) in [6.07, 6.45) is 6.78. The van der Waals surface area contributed by atoms with Crippen molar-refractivity contribution in [3.8, 4) is 11.7 Å². The average molecular weight is 233 g/mol. The molecule has 0 N–H and O–H groups in total. The van der Waals surface area contributed by atoms with E-state index in [2.05, 4.69) is 5.92 Å². The molecule has 14 heavy (non-hydrogen) atoms. The van der Waals surface area contributed by atoms with Crippen molar-refractivity contribution in [2.45, 2.75) is 0 Å². The van der Waals surface area contributed by atoms with E-state index in [1.807, 2.05) is 0 Å². The van der Waals surface area contributed by atoms with Crippen molar-refractivity contribution < 1.29 is 48.4 Å². The average Bonchev–Trinajstić information content (AvgIpc) is 2.05. The van der Waals surface area contributed by atoms with Crippen LogP contribution in [0.2, 0.25) is 0 Å². The topological polar surface area (TPSA) is 9.23 Å². The first-order valence-corrected chi connectivity index (χ1v) is 2.93. The molecule has 0 amide bonds. The summed E-state index contributed by atoms with van der Waals surface area (Å²) in [6, 6.07) is 7.17. The van der Waals surface area contributed by atoms with Crippen molar-refractivity contribution >= 4 is 23.1 Å². The Labute approximate surface area is 126 Å². The number of hydrogen-bond acceptors (Lipinski definition) is 1. The molecular formula is C9H7Cl2LiMgO. The molecule has 0 atom stereocenters. The van der Waals surface area contributed by atoms with Crippen LogP contribution in [-0.4, -0.2) is 30.2 Å². The van der Waals surface area contributed by atoms with E-state index in [9.17, 15) is 0 Å². The normalized spacial score (nSPS) is 6.00. The van der Waals surface area contributed by atoms with E-state index in [1.54, 1.807) is 31.4 Å². The summed E-state index contributed by atoms with van der Waals surface area (Å²) in [7, 11) is 1.61. The Morgan fingerprint density at radius 2 is 1.57 bits per heavy atom. The zero-order valence-corrected chi connectivity index (χ0v) is 11.1. The monoisotopic (exact) mass is 232 g/mol. The molecule has 1 aromatic rings. The molecule has 0 fully saturated rings. The maximum absolute atomic E-state index is 6.78. The molecule has 1 aromatic carbocycles. The Kier molecular flexibility index (Phi) is 23.2. The smallest absolute Gasteiger partial charge is 1.00 e. The van der Waals surface area contributed by atoms with Crippen LogP contribution in [0.5, 0.6) is 5.75 Å². The van der Waals surface area contributed by atoms with E-state index in [0.717, 1.165) is 11.3 Å². The fourth-order valence-corrected chi connectivity index (χ4v) is 0.674. The molecule has 0 saturated carbocycles. The molecule has 0 spiro atoms. The second-order valence-corrected chi connectivity index (χ2v) is 1.85. The SMILES string of the molecule is [C-]#Cc1ccc(OC)cc1.[Cl-].[Cl-].[Li+].[Mg+2]. The number of methoxy groups -OCH3 is 1. The fraction of sp³-hybridized carbons (Fsp3) is 0.111. The third-order valence-electron chi connectivity index (χ3n) is 1.23. The molecule has 5 heteroatoms. The molecule has 0 radical (unpaired) electrons. The Bertz CT molecular complexity index is 259. The van der Waals surface area contributed by atoms with Crippen LogP contribution >= 0.6 is 0 Å². The van der Waals surface area contributed by atoms with Crippen molar-refractivity contribution in [1.82, 2.24) is 0 Å². The molecular weight excluding hydrogens is 226 g/mol. The van der Waals surface area contributed by atoms with Crippen LogP contribution in [0.25, 0.3) is 0 Å². The van der Waals surface area contributed by atoms with Crippen LogP contribution in [0, 0.1) is 12.3 Å². The van der Waals surface area contributed by atoms with Gasteiger partial charge in [-0.05, 0) is 12.1 Å². The van der Waals surface area contributed by atoms with Gasteiger partial charge in [-0.2, -0.15) is 0 Å². The molecule has 0 heterocycles. The van der Waals surface area contributed by atoms with Gasteiger partial charge in [-0.15, -0.1) is 17.7 Å². The van der Waals surface area contributed by atoms with Crippen LogP contribution in [-0.2, 0) is 0 Å². The maximum atomic E-state index is 6.78. The molecule has 0 bridgehead atoms. The van der Waals surface area contributed by atoms with Gasteiger partial charge in [0.2, 0.25) is 0 Å². The maximum Gasteiger partial charge on any atom is 2.00 e. The molecule has 0 aliphatic heterocycles. The zero-order chi connectivity index (χ0) is 7.40. The minimum atomic E-state index is 0. The van der Waals surface area contributed by atoms with Gasteiger partial charge in [0.15, 0.2) is 0 Å². The Morgan fingerprint density at radius 1 is 1.14 bits per heavy atom. The van der Waals surface area contributed by atoms with E-state index in [-0.39, 0.29) is 66.7 Å². The molecule has 0 saturated heterocycles. The predicted molar refractivity (Wildman–Crippen MR) is 45.0 cm³/mol. The van der Waals surface area contributed by atoms with Crippen LogP contribution in [0.1, 0.15) is 5.56 Å². The molecule has 0 aromatic heterocycles.